The minimum absolute atomic E-state index is 0.0907. The van der Waals surface area contributed by atoms with Gasteiger partial charge >= 0.3 is 0 Å². The first kappa shape index (κ1) is 19.6. The number of hydrogen-bond donors (Lipinski definition) is 5. The van der Waals surface area contributed by atoms with Crippen LogP contribution in [0.4, 0.5) is 11.4 Å². The molecule has 9 heteroatoms. The molecular weight excluding hydrogens is 386 g/mol. The van der Waals surface area contributed by atoms with Crippen LogP contribution in [0.2, 0.25) is 0 Å². The number of aliphatic hydroxyl groups is 1. The van der Waals surface area contributed by atoms with Crippen LogP contribution in [0.3, 0.4) is 0 Å². The van der Waals surface area contributed by atoms with Crippen LogP contribution in [0.5, 0.6) is 0 Å². The second-order valence-electron chi connectivity index (χ2n) is 6.96. The van der Waals surface area contributed by atoms with Gasteiger partial charge in [-0.05, 0) is 48.5 Å². The average Bonchev–Trinajstić information content (AvgIpc) is 3.21. The first-order valence-electron chi connectivity index (χ1n) is 9.37. The van der Waals surface area contributed by atoms with Gasteiger partial charge in [-0.3, -0.25) is 15.0 Å². The molecule has 3 aromatic rings. The number of amides is 2. The Morgan fingerprint density at radius 2 is 2.03 bits per heavy atom. The number of morpholine rings is 1. The van der Waals surface area contributed by atoms with Gasteiger partial charge in [0, 0.05) is 40.6 Å². The summed E-state index contributed by atoms with van der Waals surface area (Å²) in [6.07, 6.45) is -1.17. The van der Waals surface area contributed by atoms with E-state index in [1.807, 2.05) is 30.5 Å². The van der Waals surface area contributed by atoms with Crippen LogP contribution >= 0.6 is 0 Å². The molecule has 0 aliphatic carbocycles. The summed E-state index contributed by atoms with van der Waals surface area (Å²) in [6, 6.07) is 13.7. The van der Waals surface area contributed by atoms with E-state index >= 15 is 0 Å². The molecule has 0 radical (unpaired) electrons. The molecule has 2 amide bonds. The Balaban J connectivity index is 1.47. The molecule has 1 aliphatic heterocycles. The molecule has 30 heavy (non-hydrogen) atoms. The number of carbonyl (C=O) groups excluding carboxylic acids is 2. The second-order valence-corrected chi connectivity index (χ2v) is 6.96. The number of H-pyrrole nitrogens is 1. The maximum Gasteiger partial charge on any atom is 0.259 e. The number of benzene rings is 2. The maximum atomic E-state index is 12.9. The molecule has 2 heterocycles. The summed E-state index contributed by atoms with van der Waals surface area (Å²) in [6.45, 7) is 0.519. The maximum absolute atomic E-state index is 12.9. The zero-order valence-electron chi connectivity index (χ0n) is 16.0. The van der Waals surface area contributed by atoms with Gasteiger partial charge in [-0.15, -0.1) is 0 Å². The molecular formula is C21H21N5O4. The number of carbonyl (C=O) groups is 2. The molecule has 0 spiro atoms. The molecule has 1 aromatic heterocycles. The van der Waals surface area contributed by atoms with Gasteiger partial charge in [0.25, 0.3) is 11.8 Å². The predicted molar refractivity (Wildman–Crippen MR) is 112 cm³/mol. The molecule has 2 aromatic carbocycles. The minimum Gasteiger partial charge on any atom is -0.384 e. The van der Waals surface area contributed by atoms with E-state index < -0.39 is 24.0 Å². The lowest BCUT2D eigenvalue weighted by atomic mass is 10.1. The summed E-state index contributed by atoms with van der Waals surface area (Å²) in [5, 5.41) is 21.4. The van der Waals surface area contributed by atoms with Gasteiger partial charge in [-0.2, -0.15) is 0 Å². The number of fused-ring (bicyclic) bond motifs is 1. The number of nitrogens with two attached hydrogens (primary N) is 1. The molecule has 2 atom stereocenters. The molecule has 1 unspecified atom stereocenters. The van der Waals surface area contributed by atoms with Crippen molar-refractivity contribution >= 4 is 39.9 Å². The average molecular weight is 407 g/mol. The highest BCUT2D eigenvalue weighted by Crippen LogP contribution is 2.25. The van der Waals surface area contributed by atoms with Crippen LogP contribution in [0, 0.1) is 5.41 Å². The van der Waals surface area contributed by atoms with E-state index in [1.165, 1.54) is 4.90 Å². The highest BCUT2D eigenvalue weighted by Gasteiger charge is 2.39. The monoisotopic (exact) mass is 407 g/mol. The van der Waals surface area contributed by atoms with Crippen molar-refractivity contribution in [3.63, 3.8) is 0 Å². The number of hydrogen-bond acceptors (Lipinski definition) is 5. The molecule has 1 fully saturated rings. The molecule has 0 bridgehead atoms. The number of ether oxygens (including phenoxy) is 1. The molecule has 0 saturated carbocycles. The number of aromatic amines is 1. The molecule has 9 nitrogen and oxygen atoms in total. The third-order valence-corrected chi connectivity index (χ3v) is 4.99. The Kier molecular flexibility index (Phi) is 5.21. The summed E-state index contributed by atoms with van der Waals surface area (Å²) < 4.78 is 5.43. The number of amidine groups is 1. The zero-order valence-corrected chi connectivity index (χ0v) is 16.0. The van der Waals surface area contributed by atoms with Gasteiger partial charge in [0.2, 0.25) is 0 Å². The fourth-order valence-electron chi connectivity index (χ4n) is 3.38. The van der Waals surface area contributed by atoms with Gasteiger partial charge in [0.15, 0.2) is 12.2 Å². The minimum atomic E-state index is -1.68. The molecule has 4 rings (SSSR count). The van der Waals surface area contributed by atoms with Gasteiger partial charge < -0.3 is 30.8 Å². The summed E-state index contributed by atoms with van der Waals surface area (Å²) in [5.41, 5.74) is 7.94. The highest BCUT2D eigenvalue weighted by molar-refractivity contribution is 6.04. The van der Waals surface area contributed by atoms with Gasteiger partial charge in [0.1, 0.15) is 5.84 Å². The second kappa shape index (κ2) is 7.97. The SMILES string of the molecule is N=C(N)c1ccc(NC(=O)C(O)[C@H]2OCCN(c3ccc4[nH]ccc4c3)C2=O)cc1. The number of aliphatic hydroxyl groups excluding tert-OH is 1. The van der Waals surface area contributed by atoms with E-state index in [-0.39, 0.29) is 12.4 Å². The fourth-order valence-corrected chi connectivity index (χ4v) is 3.38. The Labute approximate surface area is 171 Å². The summed E-state index contributed by atoms with van der Waals surface area (Å²) in [7, 11) is 0. The smallest absolute Gasteiger partial charge is 0.259 e. The topological polar surface area (TPSA) is 145 Å². The lowest BCUT2D eigenvalue weighted by molar-refractivity contribution is -0.150. The van der Waals surface area contributed by atoms with Crippen molar-refractivity contribution in [2.24, 2.45) is 5.73 Å². The molecule has 1 saturated heterocycles. The third kappa shape index (κ3) is 3.76. The van der Waals surface area contributed by atoms with Gasteiger partial charge in [-0.25, -0.2) is 0 Å². The quantitative estimate of drug-likeness (QED) is 0.319. The van der Waals surface area contributed by atoms with E-state index in [2.05, 4.69) is 10.3 Å². The Hall–Kier alpha value is -3.69. The standard InChI is InChI=1S/C21H21N5O4/c22-19(23)12-1-3-14(4-2-12)25-20(28)17(27)18-21(29)26(9-10-30-18)15-5-6-16-13(11-15)7-8-24-16/h1-8,11,17-18,24,27H,9-10H2,(H3,22,23)(H,25,28)/t17?,18-/m1/s1. The van der Waals surface area contributed by atoms with Gasteiger partial charge in [-0.1, -0.05) is 0 Å². The van der Waals surface area contributed by atoms with Crippen LogP contribution in [0.25, 0.3) is 10.9 Å². The van der Waals surface area contributed by atoms with Crippen LogP contribution in [0.1, 0.15) is 5.56 Å². The summed E-state index contributed by atoms with van der Waals surface area (Å²) >= 11 is 0. The van der Waals surface area contributed by atoms with E-state index in [9.17, 15) is 14.7 Å². The summed E-state index contributed by atoms with van der Waals surface area (Å²) in [5.74, 6) is -1.33. The van der Waals surface area contributed by atoms with Gasteiger partial charge in [0.05, 0.1) is 6.61 Å². The van der Waals surface area contributed by atoms with Crippen molar-refractivity contribution in [1.82, 2.24) is 4.98 Å². The number of nitrogen functional groups attached to an aromatic ring is 1. The largest absolute Gasteiger partial charge is 0.384 e. The first-order valence-corrected chi connectivity index (χ1v) is 9.37. The van der Waals surface area contributed by atoms with E-state index in [0.717, 1.165) is 10.9 Å². The van der Waals surface area contributed by atoms with Crippen molar-refractivity contribution in [2.75, 3.05) is 23.4 Å². The lowest BCUT2D eigenvalue weighted by Gasteiger charge is -2.34. The Morgan fingerprint density at radius 3 is 2.77 bits per heavy atom. The normalized spacial score (nSPS) is 17.7. The predicted octanol–water partition coefficient (Wildman–Crippen LogP) is 1.18. The highest BCUT2D eigenvalue weighted by atomic mass is 16.5. The van der Waals surface area contributed by atoms with E-state index in [1.54, 1.807) is 24.3 Å². The molecule has 6 N–H and O–H groups in total. The van der Waals surface area contributed by atoms with Crippen LogP contribution in [0.15, 0.2) is 54.7 Å². The van der Waals surface area contributed by atoms with Crippen molar-refractivity contribution in [3.05, 3.63) is 60.3 Å². The number of anilines is 2. The van der Waals surface area contributed by atoms with Crippen LogP contribution < -0.4 is 16.0 Å². The summed E-state index contributed by atoms with van der Waals surface area (Å²) in [4.78, 5) is 30.0. The van der Waals surface area contributed by atoms with Crippen LogP contribution in [-0.4, -0.2) is 53.1 Å². The van der Waals surface area contributed by atoms with Crippen LogP contribution in [-0.2, 0) is 14.3 Å². The third-order valence-electron chi connectivity index (χ3n) is 4.99. The molecule has 154 valence electrons. The first-order chi connectivity index (χ1) is 14.4. The van der Waals surface area contributed by atoms with E-state index in [4.69, 9.17) is 15.9 Å². The fraction of sp³-hybridized carbons (Fsp3) is 0.190. The number of nitrogens with one attached hydrogen (secondary N) is 3. The van der Waals surface area contributed by atoms with Crippen molar-refractivity contribution < 1.29 is 19.4 Å². The Bertz CT molecular complexity index is 1110. The van der Waals surface area contributed by atoms with Crippen molar-refractivity contribution in [3.8, 4) is 0 Å². The number of nitrogens with zero attached hydrogens (tertiary/aromatic N) is 1. The van der Waals surface area contributed by atoms with E-state index in [0.29, 0.717) is 23.5 Å². The lowest BCUT2D eigenvalue weighted by Crippen LogP contribution is -2.55. The number of rotatable bonds is 5. The van der Waals surface area contributed by atoms with Crippen molar-refractivity contribution in [2.45, 2.75) is 12.2 Å². The number of aromatic nitrogens is 1. The zero-order chi connectivity index (χ0) is 21.3. The molecule has 1 aliphatic rings. The Morgan fingerprint density at radius 1 is 1.27 bits per heavy atom. The van der Waals surface area contributed by atoms with Crippen molar-refractivity contribution in [1.29, 1.82) is 5.41 Å².